The van der Waals surface area contributed by atoms with Crippen molar-refractivity contribution in [2.24, 2.45) is 5.92 Å². The van der Waals surface area contributed by atoms with Gasteiger partial charge in [-0.25, -0.2) is 0 Å². The monoisotopic (exact) mass is 316 g/mol. The van der Waals surface area contributed by atoms with Gasteiger partial charge in [-0.05, 0) is 6.92 Å². The Bertz CT molecular complexity index is 406. The van der Waals surface area contributed by atoms with Gasteiger partial charge in [0.15, 0.2) is 0 Å². The molecule has 0 aliphatic rings. The first-order valence-electron chi connectivity index (χ1n) is 7.02. The Morgan fingerprint density at radius 1 is 0.818 bits per heavy atom. The largest absolute Gasteiger partial charge is 0.480 e. The number of carboxylic acids is 2. The maximum Gasteiger partial charge on any atom is 0.317 e. The summed E-state index contributed by atoms with van der Waals surface area (Å²) in [6.45, 7) is 4.67. The number of carbonyl (C=O) groups is 4. The molecule has 0 unspecified atom stereocenters. The molecule has 2 N–H and O–H groups in total. The minimum Gasteiger partial charge on any atom is -0.480 e. The van der Waals surface area contributed by atoms with E-state index in [-0.39, 0.29) is 43.7 Å². The van der Waals surface area contributed by atoms with Gasteiger partial charge in [0, 0.05) is 19.0 Å². The number of hydrogen-bond acceptors (Lipinski definition) is 6. The number of ketones is 2. The molecule has 0 aromatic heterocycles. The molecular formula is C14H24N2O6. The normalized spacial score (nSPS) is 11.2. The van der Waals surface area contributed by atoms with Crippen LogP contribution in [0.3, 0.4) is 0 Å². The van der Waals surface area contributed by atoms with Gasteiger partial charge in [-0.3, -0.25) is 29.0 Å². The van der Waals surface area contributed by atoms with E-state index in [1.165, 1.54) is 11.8 Å². The number of Topliss-reactive ketones (excluding diaryl/α,β-unsaturated/α-hetero) is 2. The van der Waals surface area contributed by atoms with Gasteiger partial charge in [0.25, 0.3) is 0 Å². The van der Waals surface area contributed by atoms with Gasteiger partial charge in [0.2, 0.25) is 0 Å². The van der Waals surface area contributed by atoms with Crippen molar-refractivity contribution in [3.63, 3.8) is 0 Å². The minimum atomic E-state index is -1.13. The molecule has 126 valence electrons. The highest BCUT2D eigenvalue weighted by Crippen LogP contribution is 2.00. The van der Waals surface area contributed by atoms with E-state index in [1.54, 1.807) is 18.7 Å². The molecule has 0 fully saturated rings. The van der Waals surface area contributed by atoms with Crippen LogP contribution in [0.15, 0.2) is 0 Å². The van der Waals surface area contributed by atoms with E-state index < -0.39 is 25.0 Å². The lowest BCUT2D eigenvalue weighted by molar-refractivity contribution is -0.142. The highest BCUT2D eigenvalue weighted by Gasteiger charge is 2.18. The van der Waals surface area contributed by atoms with Crippen molar-refractivity contribution in [2.45, 2.75) is 20.8 Å². The third-order valence-electron chi connectivity index (χ3n) is 2.92. The average Bonchev–Trinajstić information content (AvgIpc) is 2.33. The third-order valence-corrected chi connectivity index (χ3v) is 2.92. The van der Waals surface area contributed by atoms with Crippen molar-refractivity contribution in [3.05, 3.63) is 0 Å². The highest BCUT2D eigenvalue weighted by molar-refractivity contribution is 5.83. The second-order valence-corrected chi connectivity index (χ2v) is 5.53. The van der Waals surface area contributed by atoms with Gasteiger partial charge in [-0.1, -0.05) is 13.8 Å². The van der Waals surface area contributed by atoms with Crippen molar-refractivity contribution >= 4 is 23.5 Å². The molecule has 0 amide bonds. The molecule has 22 heavy (non-hydrogen) atoms. The molecule has 0 aromatic carbocycles. The van der Waals surface area contributed by atoms with E-state index in [0.717, 1.165) is 0 Å². The topological polar surface area (TPSA) is 115 Å². The smallest absolute Gasteiger partial charge is 0.317 e. The number of carbonyl (C=O) groups excluding carboxylic acids is 2. The standard InChI is InChI=1S/C14H24N2O6/c1-10(2)12(18)7-15(6-11(3)17)4-5-16(8-13(19)20)9-14(21)22/h10H,4-9H2,1-3H3,(H,19,20)(H,21,22). The average molecular weight is 316 g/mol. The lowest BCUT2D eigenvalue weighted by atomic mass is 10.1. The van der Waals surface area contributed by atoms with Crippen LogP contribution < -0.4 is 0 Å². The molecule has 0 aromatic rings. The maximum atomic E-state index is 11.8. The fraction of sp³-hybridized carbons (Fsp3) is 0.714. The predicted octanol–water partition coefficient (Wildman–Crippen LogP) is -0.426. The van der Waals surface area contributed by atoms with Crippen LogP contribution in [-0.4, -0.2) is 82.8 Å². The molecule has 0 atom stereocenters. The molecule has 0 heterocycles. The minimum absolute atomic E-state index is 0.0238. The number of carboxylic acid groups (broad SMARTS) is 2. The van der Waals surface area contributed by atoms with Gasteiger partial charge in [-0.15, -0.1) is 0 Å². The van der Waals surface area contributed by atoms with Crippen LogP contribution in [0.1, 0.15) is 20.8 Å². The van der Waals surface area contributed by atoms with Crippen LogP contribution in [0.5, 0.6) is 0 Å². The van der Waals surface area contributed by atoms with Crippen LogP contribution in [0, 0.1) is 5.92 Å². The van der Waals surface area contributed by atoms with Gasteiger partial charge in [0.1, 0.15) is 11.6 Å². The van der Waals surface area contributed by atoms with Crippen molar-refractivity contribution in [2.75, 3.05) is 39.3 Å². The lowest BCUT2D eigenvalue weighted by Crippen LogP contribution is -2.43. The van der Waals surface area contributed by atoms with Crippen LogP contribution >= 0.6 is 0 Å². The van der Waals surface area contributed by atoms with Crippen LogP contribution in [0.25, 0.3) is 0 Å². The Morgan fingerprint density at radius 2 is 1.23 bits per heavy atom. The van der Waals surface area contributed by atoms with Crippen LogP contribution in [-0.2, 0) is 19.2 Å². The van der Waals surface area contributed by atoms with Gasteiger partial charge < -0.3 is 10.2 Å². The van der Waals surface area contributed by atoms with Crippen molar-refractivity contribution in [3.8, 4) is 0 Å². The molecule has 0 rings (SSSR count). The fourth-order valence-corrected chi connectivity index (χ4v) is 1.81. The fourth-order valence-electron chi connectivity index (χ4n) is 1.81. The van der Waals surface area contributed by atoms with E-state index in [9.17, 15) is 19.2 Å². The second kappa shape index (κ2) is 10.0. The van der Waals surface area contributed by atoms with Gasteiger partial charge in [-0.2, -0.15) is 0 Å². The number of nitrogens with zero attached hydrogens (tertiary/aromatic N) is 2. The Morgan fingerprint density at radius 3 is 1.55 bits per heavy atom. The van der Waals surface area contributed by atoms with E-state index in [1.807, 2.05) is 0 Å². The summed E-state index contributed by atoms with van der Waals surface area (Å²) in [4.78, 5) is 47.3. The molecule has 0 aliphatic carbocycles. The Balaban J connectivity index is 4.66. The Labute approximate surface area is 129 Å². The number of hydrogen-bond donors (Lipinski definition) is 2. The van der Waals surface area contributed by atoms with Crippen molar-refractivity contribution < 1.29 is 29.4 Å². The van der Waals surface area contributed by atoms with Crippen LogP contribution in [0.2, 0.25) is 0 Å². The summed E-state index contributed by atoms with van der Waals surface area (Å²) in [6.07, 6.45) is 0. The van der Waals surface area contributed by atoms with E-state index in [0.29, 0.717) is 0 Å². The summed E-state index contributed by atoms with van der Waals surface area (Å²) >= 11 is 0. The van der Waals surface area contributed by atoms with E-state index in [4.69, 9.17) is 10.2 Å². The van der Waals surface area contributed by atoms with Crippen molar-refractivity contribution in [1.29, 1.82) is 0 Å². The molecule has 8 heteroatoms. The summed E-state index contributed by atoms with van der Waals surface area (Å²) in [7, 11) is 0. The molecule has 8 nitrogen and oxygen atoms in total. The predicted molar refractivity (Wildman–Crippen MR) is 78.7 cm³/mol. The zero-order chi connectivity index (χ0) is 17.3. The Kier molecular flexibility index (Phi) is 9.20. The summed E-state index contributed by atoms with van der Waals surface area (Å²) in [5.41, 5.74) is 0. The number of rotatable bonds is 12. The summed E-state index contributed by atoms with van der Waals surface area (Å²) in [5, 5.41) is 17.5. The maximum absolute atomic E-state index is 11.8. The lowest BCUT2D eigenvalue weighted by Gasteiger charge is -2.25. The molecule has 0 radical (unpaired) electrons. The van der Waals surface area contributed by atoms with Gasteiger partial charge >= 0.3 is 11.9 Å². The summed E-state index contributed by atoms with van der Waals surface area (Å²) in [6, 6.07) is 0. The first-order chi connectivity index (χ1) is 10.1. The second-order valence-electron chi connectivity index (χ2n) is 5.53. The quantitative estimate of drug-likeness (QED) is 0.498. The van der Waals surface area contributed by atoms with E-state index >= 15 is 0 Å². The SMILES string of the molecule is CC(=O)CN(CCN(CC(=O)O)CC(=O)O)CC(=O)C(C)C. The molecule has 0 bridgehead atoms. The third kappa shape index (κ3) is 10.0. The zero-order valence-electron chi connectivity index (χ0n) is 13.2. The first-order valence-corrected chi connectivity index (χ1v) is 7.02. The molecule has 0 saturated heterocycles. The molecule has 0 aliphatic heterocycles. The van der Waals surface area contributed by atoms with Crippen molar-refractivity contribution in [1.82, 2.24) is 9.80 Å². The Hall–Kier alpha value is -1.80. The number of aliphatic carboxylic acids is 2. The first kappa shape index (κ1) is 20.2. The summed E-state index contributed by atoms with van der Waals surface area (Å²) in [5.74, 6) is -2.55. The summed E-state index contributed by atoms with van der Waals surface area (Å²) < 4.78 is 0. The molecular weight excluding hydrogens is 292 g/mol. The molecule has 0 spiro atoms. The van der Waals surface area contributed by atoms with Crippen LogP contribution in [0.4, 0.5) is 0 Å². The van der Waals surface area contributed by atoms with E-state index in [2.05, 4.69) is 0 Å². The zero-order valence-corrected chi connectivity index (χ0v) is 13.2. The highest BCUT2D eigenvalue weighted by atomic mass is 16.4. The molecule has 0 saturated carbocycles. The van der Waals surface area contributed by atoms with Gasteiger partial charge in [0.05, 0.1) is 26.2 Å².